The van der Waals surface area contributed by atoms with Crippen LogP contribution in [0, 0.1) is 5.82 Å². The maximum atomic E-state index is 13.0. The number of methoxy groups -OCH3 is 1. The highest BCUT2D eigenvalue weighted by Crippen LogP contribution is 2.28. The topological polar surface area (TPSA) is 79.0 Å². The SMILES string of the molecule is COc1ccc(C=NOCc2nnc(-c3ccc(F)cc3)o2)cc1OCc1ccccc1. The number of oxime groups is 1. The van der Waals surface area contributed by atoms with E-state index in [-0.39, 0.29) is 24.2 Å². The summed E-state index contributed by atoms with van der Waals surface area (Å²) >= 11 is 0. The summed E-state index contributed by atoms with van der Waals surface area (Å²) < 4.78 is 29.8. The van der Waals surface area contributed by atoms with Gasteiger partial charge in [-0.05, 0) is 48.0 Å². The van der Waals surface area contributed by atoms with Gasteiger partial charge in [-0.2, -0.15) is 0 Å². The molecule has 0 saturated carbocycles. The molecule has 0 aliphatic heterocycles. The van der Waals surface area contributed by atoms with E-state index in [1.165, 1.54) is 12.1 Å². The van der Waals surface area contributed by atoms with Crippen LogP contribution in [0.2, 0.25) is 0 Å². The van der Waals surface area contributed by atoms with Crippen molar-refractivity contribution < 1.29 is 23.1 Å². The summed E-state index contributed by atoms with van der Waals surface area (Å²) in [5.74, 6) is 1.42. The predicted octanol–water partition coefficient (Wildman–Crippen LogP) is 5.01. The van der Waals surface area contributed by atoms with Crippen molar-refractivity contribution in [2.45, 2.75) is 13.2 Å². The molecule has 0 unspecified atom stereocenters. The van der Waals surface area contributed by atoms with Crippen LogP contribution >= 0.6 is 0 Å². The molecule has 0 atom stereocenters. The molecule has 0 radical (unpaired) electrons. The Labute approximate surface area is 184 Å². The highest BCUT2D eigenvalue weighted by Gasteiger charge is 2.09. The van der Waals surface area contributed by atoms with E-state index < -0.39 is 0 Å². The molecule has 7 nitrogen and oxygen atoms in total. The third-order valence-corrected chi connectivity index (χ3v) is 4.45. The molecule has 4 rings (SSSR count). The van der Waals surface area contributed by atoms with Crippen LogP contribution in [-0.4, -0.2) is 23.5 Å². The monoisotopic (exact) mass is 433 g/mol. The quantitative estimate of drug-likeness (QED) is 0.273. The van der Waals surface area contributed by atoms with Gasteiger partial charge in [0.15, 0.2) is 18.1 Å². The number of nitrogens with zero attached hydrogens (tertiary/aromatic N) is 3. The summed E-state index contributed by atoms with van der Waals surface area (Å²) in [5.41, 5.74) is 2.44. The fourth-order valence-electron chi connectivity index (χ4n) is 2.83. The van der Waals surface area contributed by atoms with Crippen LogP contribution in [0.3, 0.4) is 0 Å². The van der Waals surface area contributed by atoms with Crippen molar-refractivity contribution in [1.82, 2.24) is 10.2 Å². The first-order valence-corrected chi connectivity index (χ1v) is 9.79. The highest BCUT2D eigenvalue weighted by molar-refractivity contribution is 5.80. The van der Waals surface area contributed by atoms with Crippen molar-refractivity contribution in [1.29, 1.82) is 0 Å². The minimum Gasteiger partial charge on any atom is -0.493 e. The first-order chi connectivity index (χ1) is 15.7. The molecule has 0 spiro atoms. The zero-order valence-electron chi connectivity index (χ0n) is 17.3. The van der Waals surface area contributed by atoms with Gasteiger partial charge in [-0.3, -0.25) is 0 Å². The number of hydrogen-bond donors (Lipinski definition) is 0. The van der Waals surface area contributed by atoms with Gasteiger partial charge in [-0.15, -0.1) is 10.2 Å². The molecule has 0 saturated heterocycles. The zero-order chi connectivity index (χ0) is 22.2. The molecule has 0 N–H and O–H groups in total. The summed E-state index contributed by atoms with van der Waals surface area (Å²) in [6.07, 6.45) is 1.55. The summed E-state index contributed by atoms with van der Waals surface area (Å²) in [7, 11) is 1.59. The average molecular weight is 433 g/mol. The van der Waals surface area contributed by atoms with Crippen LogP contribution in [0.5, 0.6) is 11.5 Å². The Kier molecular flexibility index (Phi) is 6.72. The Balaban J connectivity index is 1.34. The third-order valence-electron chi connectivity index (χ3n) is 4.45. The molecule has 0 aliphatic rings. The summed E-state index contributed by atoms with van der Waals surface area (Å²) in [5, 5.41) is 11.8. The van der Waals surface area contributed by atoms with Crippen LogP contribution in [0.15, 0.2) is 82.4 Å². The van der Waals surface area contributed by atoms with Crippen molar-refractivity contribution >= 4 is 6.21 Å². The number of ether oxygens (including phenoxy) is 2. The molecule has 0 aliphatic carbocycles. The second-order valence-corrected chi connectivity index (χ2v) is 6.70. The number of halogens is 1. The fraction of sp³-hybridized carbons (Fsp3) is 0.125. The number of rotatable bonds is 9. The van der Waals surface area contributed by atoms with Crippen LogP contribution in [-0.2, 0) is 18.1 Å². The average Bonchev–Trinajstić information content (AvgIpc) is 3.30. The minimum absolute atomic E-state index is 0.00177. The van der Waals surface area contributed by atoms with Gasteiger partial charge in [0.1, 0.15) is 12.4 Å². The molecule has 1 aromatic heterocycles. The molecule has 4 aromatic rings. The van der Waals surface area contributed by atoms with Gasteiger partial charge in [-0.25, -0.2) is 4.39 Å². The van der Waals surface area contributed by atoms with Crippen LogP contribution < -0.4 is 9.47 Å². The maximum Gasteiger partial charge on any atom is 0.257 e. The lowest BCUT2D eigenvalue weighted by atomic mass is 10.2. The van der Waals surface area contributed by atoms with E-state index in [0.717, 1.165) is 11.1 Å². The van der Waals surface area contributed by atoms with Crippen molar-refractivity contribution in [2.75, 3.05) is 7.11 Å². The van der Waals surface area contributed by atoms with Crippen LogP contribution in [0.4, 0.5) is 4.39 Å². The first kappa shape index (κ1) is 21.0. The van der Waals surface area contributed by atoms with E-state index in [4.69, 9.17) is 18.7 Å². The summed E-state index contributed by atoms with van der Waals surface area (Å²) in [6, 6.07) is 21.1. The third kappa shape index (κ3) is 5.48. The number of hydrogen-bond acceptors (Lipinski definition) is 7. The molecule has 3 aromatic carbocycles. The molecule has 32 heavy (non-hydrogen) atoms. The maximum absolute atomic E-state index is 13.0. The van der Waals surface area contributed by atoms with E-state index in [2.05, 4.69) is 15.4 Å². The minimum atomic E-state index is -0.335. The molecule has 0 amide bonds. The molecule has 0 bridgehead atoms. The normalized spacial score (nSPS) is 10.9. The van der Waals surface area contributed by atoms with Gasteiger partial charge in [0.05, 0.1) is 13.3 Å². The van der Waals surface area contributed by atoms with E-state index in [9.17, 15) is 4.39 Å². The standard InChI is InChI=1S/C24H20FN3O4/c1-29-21-12-7-18(13-22(21)30-15-17-5-3-2-4-6-17)14-26-31-16-23-27-28-24(32-23)19-8-10-20(25)11-9-19/h2-14H,15-16H2,1H3. The van der Waals surface area contributed by atoms with E-state index in [0.29, 0.717) is 23.7 Å². The van der Waals surface area contributed by atoms with E-state index >= 15 is 0 Å². The lowest BCUT2D eigenvalue weighted by molar-refractivity contribution is 0.112. The van der Waals surface area contributed by atoms with Gasteiger partial charge in [0.2, 0.25) is 5.89 Å². The lowest BCUT2D eigenvalue weighted by Gasteiger charge is -2.11. The molecule has 1 heterocycles. The Morgan fingerprint density at radius 1 is 0.938 bits per heavy atom. The van der Waals surface area contributed by atoms with Gasteiger partial charge >= 0.3 is 0 Å². The number of aromatic nitrogens is 2. The van der Waals surface area contributed by atoms with Crippen LogP contribution in [0.25, 0.3) is 11.5 Å². The highest BCUT2D eigenvalue weighted by atomic mass is 19.1. The van der Waals surface area contributed by atoms with Crippen molar-refractivity contribution in [3.05, 3.63) is 95.6 Å². The zero-order valence-corrected chi connectivity index (χ0v) is 17.3. The molecular formula is C24H20FN3O4. The summed E-state index contributed by atoms with van der Waals surface area (Å²) in [4.78, 5) is 5.26. The number of benzene rings is 3. The Hall–Kier alpha value is -4.20. The van der Waals surface area contributed by atoms with Crippen molar-refractivity contribution in [3.63, 3.8) is 0 Å². The van der Waals surface area contributed by atoms with Crippen molar-refractivity contribution in [3.8, 4) is 23.0 Å². The largest absolute Gasteiger partial charge is 0.493 e. The fourth-order valence-corrected chi connectivity index (χ4v) is 2.83. The first-order valence-electron chi connectivity index (χ1n) is 9.79. The predicted molar refractivity (Wildman–Crippen MR) is 116 cm³/mol. The Bertz CT molecular complexity index is 1180. The molecule has 162 valence electrons. The lowest BCUT2D eigenvalue weighted by Crippen LogP contribution is -1.98. The molecule has 0 fully saturated rings. The molecular weight excluding hydrogens is 413 g/mol. The Morgan fingerprint density at radius 2 is 1.75 bits per heavy atom. The Morgan fingerprint density at radius 3 is 2.53 bits per heavy atom. The van der Waals surface area contributed by atoms with Gasteiger partial charge in [0, 0.05) is 11.1 Å². The summed E-state index contributed by atoms with van der Waals surface area (Å²) in [6.45, 7) is 0.417. The second-order valence-electron chi connectivity index (χ2n) is 6.70. The smallest absolute Gasteiger partial charge is 0.257 e. The van der Waals surface area contributed by atoms with Crippen molar-refractivity contribution in [2.24, 2.45) is 5.16 Å². The van der Waals surface area contributed by atoms with E-state index in [1.54, 1.807) is 31.5 Å². The second kappa shape index (κ2) is 10.2. The van der Waals surface area contributed by atoms with Crippen LogP contribution in [0.1, 0.15) is 17.0 Å². The van der Waals surface area contributed by atoms with Gasteiger partial charge in [-0.1, -0.05) is 35.5 Å². The van der Waals surface area contributed by atoms with Gasteiger partial charge in [0.25, 0.3) is 5.89 Å². The van der Waals surface area contributed by atoms with Gasteiger partial charge < -0.3 is 18.7 Å². The molecule has 8 heteroatoms. The van der Waals surface area contributed by atoms with E-state index in [1.807, 2.05) is 42.5 Å².